The van der Waals surface area contributed by atoms with E-state index < -0.39 is 23.7 Å². The molecule has 0 saturated carbocycles. The minimum atomic E-state index is -2.82. The lowest BCUT2D eigenvalue weighted by atomic mass is 10.1. The smallest absolute Gasteiger partial charge is 0.357 e. The van der Waals surface area contributed by atoms with Crippen molar-refractivity contribution in [2.45, 2.75) is 13.0 Å². The van der Waals surface area contributed by atoms with Gasteiger partial charge in [-0.15, -0.1) is 0 Å². The molecule has 1 aromatic heterocycles. The summed E-state index contributed by atoms with van der Waals surface area (Å²) in [6.45, 7) is 0.0477. The first kappa shape index (κ1) is 13.0. The number of nitrogens with two attached hydrogens (primary N) is 1. The molecule has 0 aliphatic heterocycles. The molecule has 1 aromatic rings. The third kappa shape index (κ3) is 2.53. The molecule has 7 heteroatoms. The molecule has 0 radical (unpaired) electrons. The van der Waals surface area contributed by atoms with E-state index in [1.54, 1.807) is 0 Å². The van der Waals surface area contributed by atoms with Crippen LogP contribution in [-0.4, -0.2) is 18.1 Å². The maximum atomic E-state index is 12.7. The van der Waals surface area contributed by atoms with Crippen LogP contribution in [0.1, 0.15) is 28.2 Å². The van der Waals surface area contributed by atoms with Gasteiger partial charge in [0.2, 0.25) is 0 Å². The van der Waals surface area contributed by atoms with E-state index in [1.807, 2.05) is 0 Å². The van der Waals surface area contributed by atoms with Crippen LogP contribution in [0.5, 0.6) is 0 Å². The van der Waals surface area contributed by atoms with Crippen molar-refractivity contribution in [2.75, 3.05) is 7.11 Å². The Morgan fingerprint density at radius 1 is 1.69 bits per heavy atom. The fourth-order valence-electron chi connectivity index (χ4n) is 1.14. The van der Waals surface area contributed by atoms with Crippen molar-refractivity contribution in [3.05, 3.63) is 27.5 Å². The fraction of sp³-hybridized carbons (Fsp3) is 0.333. The summed E-state index contributed by atoms with van der Waals surface area (Å²) in [6, 6.07) is 1.36. The summed E-state index contributed by atoms with van der Waals surface area (Å²) in [5.41, 5.74) is 4.77. The Morgan fingerprint density at radius 3 is 2.75 bits per heavy atom. The molecule has 0 atom stereocenters. The van der Waals surface area contributed by atoms with Crippen LogP contribution in [-0.2, 0) is 11.3 Å². The van der Waals surface area contributed by atoms with E-state index in [4.69, 9.17) is 5.73 Å². The van der Waals surface area contributed by atoms with E-state index in [1.165, 1.54) is 6.07 Å². The van der Waals surface area contributed by atoms with Crippen LogP contribution in [0, 0.1) is 0 Å². The normalized spacial score (nSPS) is 10.6. The van der Waals surface area contributed by atoms with Gasteiger partial charge in [0.05, 0.1) is 18.4 Å². The lowest BCUT2D eigenvalue weighted by Gasteiger charge is -2.10. The summed E-state index contributed by atoms with van der Waals surface area (Å²) in [7, 11) is 1.10. The van der Waals surface area contributed by atoms with E-state index in [-0.39, 0.29) is 11.0 Å². The van der Waals surface area contributed by atoms with Gasteiger partial charge in [-0.25, -0.2) is 18.6 Å². The van der Waals surface area contributed by atoms with Gasteiger partial charge in [0.25, 0.3) is 6.43 Å². The molecule has 88 valence electrons. The molecule has 0 amide bonds. The molecule has 0 aliphatic rings. The Hall–Kier alpha value is -1.08. The first-order chi connectivity index (χ1) is 7.51. The first-order valence-corrected chi connectivity index (χ1v) is 5.06. The molecular formula is C9H9BrF2N2O2. The number of hydrogen-bond acceptors (Lipinski definition) is 4. The third-order valence-electron chi connectivity index (χ3n) is 1.87. The number of alkyl halides is 2. The molecule has 0 saturated heterocycles. The van der Waals surface area contributed by atoms with E-state index in [0.717, 1.165) is 7.11 Å². The Bertz CT molecular complexity index is 413. The number of aromatic nitrogens is 1. The predicted molar refractivity (Wildman–Crippen MR) is 56.1 cm³/mol. The van der Waals surface area contributed by atoms with Gasteiger partial charge < -0.3 is 10.5 Å². The number of pyridine rings is 1. The summed E-state index contributed by atoms with van der Waals surface area (Å²) in [4.78, 5) is 15.0. The van der Waals surface area contributed by atoms with E-state index in [0.29, 0.717) is 5.69 Å². The van der Waals surface area contributed by atoms with Gasteiger partial charge in [-0.2, -0.15) is 0 Å². The Kier molecular flexibility index (Phi) is 4.31. The number of hydrogen-bond donors (Lipinski definition) is 1. The molecule has 4 nitrogen and oxygen atoms in total. The molecule has 0 unspecified atom stereocenters. The summed E-state index contributed by atoms with van der Waals surface area (Å²) in [5, 5.41) is 0. The maximum Gasteiger partial charge on any atom is 0.357 e. The minimum absolute atomic E-state index is 0.0477. The number of methoxy groups -OCH3 is 1. The zero-order valence-corrected chi connectivity index (χ0v) is 9.92. The van der Waals surface area contributed by atoms with Gasteiger partial charge in [-0.3, -0.25) is 0 Å². The van der Waals surface area contributed by atoms with Crippen LogP contribution in [0.2, 0.25) is 0 Å². The zero-order chi connectivity index (χ0) is 12.3. The highest BCUT2D eigenvalue weighted by Crippen LogP contribution is 2.30. The van der Waals surface area contributed by atoms with Gasteiger partial charge in [0, 0.05) is 11.0 Å². The van der Waals surface area contributed by atoms with Crippen LogP contribution in [0.3, 0.4) is 0 Å². The fourth-order valence-corrected chi connectivity index (χ4v) is 1.76. The molecule has 1 rings (SSSR count). The Labute approximate surface area is 98.9 Å². The van der Waals surface area contributed by atoms with Gasteiger partial charge in [0.1, 0.15) is 0 Å². The predicted octanol–water partition coefficient (Wildman–Crippen LogP) is 2.03. The number of carbonyl (C=O) groups is 1. The average Bonchev–Trinajstić information content (AvgIpc) is 2.26. The number of carbonyl (C=O) groups excluding carboxylic acids is 1. The van der Waals surface area contributed by atoms with Crippen LogP contribution >= 0.6 is 15.9 Å². The summed E-state index contributed by atoms with van der Waals surface area (Å²) in [5.74, 6) is -0.911. The van der Waals surface area contributed by atoms with Crippen molar-refractivity contribution in [3.63, 3.8) is 0 Å². The molecule has 0 spiro atoms. The average molecular weight is 295 g/mol. The molecule has 0 fully saturated rings. The number of esters is 1. The van der Waals surface area contributed by atoms with Crippen molar-refractivity contribution in [3.8, 4) is 0 Å². The first-order valence-electron chi connectivity index (χ1n) is 4.27. The molecular weight excluding hydrogens is 286 g/mol. The molecule has 16 heavy (non-hydrogen) atoms. The standard InChI is InChI=1S/C9H9BrF2N2O2/c1-16-9(15)7-6(8(11)12)5(10)2-4(3-13)14-7/h2,8H,3,13H2,1H3. The summed E-state index contributed by atoms with van der Waals surface area (Å²) in [6.07, 6.45) is -2.82. The number of nitrogens with zero attached hydrogens (tertiary/aromatic N) is 1. The Balaban J connectivity index is 3.40. The second-order valence-electron chi connectivity index (χ2n) is 2.85. The lowest BCUT2D eigenvalue weighted by Crippen LogP contribution is -2.13. The van der Waals surface area contributed by atoms with Crippen LogP contribution in [0.4, 0.5) is 8.78 Å². The minimum Gasteiger partial charge on any atom is -0.464 e. The van der Waals surface area contributed by atoms with Crippen LogP contribution < -0.4 is 5.73 Å². The van der Waals surface area contributed by atoms with Gasteiger partial charge in [0.15, 0.2) is 5.69 Å². The third-order valence-corrected chi connectivity index (χ3v) is 2.52. The molecule has 0 bridgehead atoms. The van der Waals surface area contributed by atoms with Crippen molar-refractivity contribution in [2.24, 2.45) is 5.73 Å². The second-order valence-corrected chi connectivity index (χ2v) is 3.71. The summed E-state index contributed by atoms with van der Waals surface area (Å²) < 4.78 is 29.9. The highest BCUT2D eigenvalue weighted by molar-refractivity contribution is 9.10. The second kappa shape index (κ2) is 5.31. The highest BCUT2D eigenvalue weighted by atomic mass is 79.9. The zero-order valence-electron chi connectivity index (χ0n) is 8.34. The van der Waals surface area contributed by atoms with Crippen molar-refractivity contribution >= 4 is 21.9 Å². The van der Waals surface area contributed by atoms with Gasteiger partial charge >= 0.3 is 5.97 Å². The van der Waals surface area contributed by atoms with Crippen LogP contribution in [0.25, 0.3) is 0 Å². The highest BCUT2D eigenvalue weighted by Gasteiger charge is 2.24. The summed E-state index contributed by atoms with van der Waals surface area (Å²) >= 11 is 2.95. The monoisotopic (exact) mass is 294 g/mol. The SMILES string of the molecule is COC(=O)c1nc(CN)cc(Br)c1C(F)F. The van der Waals surface area contributed by atoms with Gasteiger partial charge in [-0.1, -0.05) is 15.9 Å². The number of rotatable bonds is 3. The van der Waals surface area contributed by atoms with Crippen molar-refractivity contribution in [1.29, 1.82) is 0 Å². The quantitative estimate of drug-likeness (QED) is 0.866. The Morgan fingerprint density at radius 2 is 2.31 bits per heavy atom. The maximum absolute atomic E-state index is 12.7. The van der Waals surface area contributed by atoms with E-state index >= 15 is 0 Å². The largest absolute Gasteiger partial charge is 0.464 e. The van der Waals surface area contributed by atoms with Crippen molar-refractivity contribution < 1.29 is 18.3 Å². The van der Waals surface area contributed by atoms with Crippen molar-refractivity contribution in [1.82, 2.24) is 4.98 Å². The van der Waals surface area contributed by atoms with E-state index in [2.05, 4.69) is 25.7 Å². The number of halogens is 3. The molecule has 1 heterocycles. The molecule has 0 aliphatic carbocycles. The molecule has 0 aromatic carbocycles. The lowest BCUT2D eigenvalue weighted by molar-refractivity contribution is 0.0581. The topological polar surface area (TPSA) is 65.2 Å². The molecule has 2 N–H and O–H groups in total. The number of ether oxygens (including phenoxy) is 1. The van der Waals surface area contributed by atoms with Crippen LogP contribution in [0.15, 0.2) is 10.5 Å². The van der Waals surface area contributed by atoms with Gasteiger partial charge in [-0.05, 0) is 6.07 Å². The van der Waals surface area contributed by atoms with E-state index in [9.17, 15) is 13.6 Å².